The molecule has 2 aromatic carbocycles. The van der Waals surface area contributed by atoms with E-state index >= 15 is 0 Å². The normalized spacial score (nSPS) is 12.5. The van der Waals surface area contributed by atoms with Crippen LogP contribution in [0.15, 0.2) is 53.4 Å². The summed E-state index contributed by atoms with van der Waals surface area (Å²) in [4.78, 5) is 13.6. The van der Waals surface area contributed by atoms with Gasteiger partial charge in [-0.3, -0.25) is 9.93 Å². The van der Waals surface area contributed by atoms with Gasteiger partial charge in [0.15, 0.2) is 0 Å². The molecule has 0 amide bonds. The van der Waals surface area contributed by atoms with Crippen LogP contribution in [0, 0.1) is 10.8 Å². The topological polar surface area (TPSA) is 61.5 Å². The summed E-state index contributed by atoms with van der Waals surface area (Å²) in [5.74, 6) is 1.52. The standard InChI is InChI=1S/C28H41NO3S/c1-26(2,3)32-25(30)28(6,7)20-27(4,5)19-9-8-10-21-11-13-22(14-12-21)31-23-15-17-24(33-29)18-16-23/h11-18H,8-10,19-20,29H2,1-7H3. The lowest BCUT2D eigenvalue weighted by Crippen LogP contribution is -2.36. The Bertz CT molecular complexity index is 881. The smallest absolute Gasteiger partial charge is 0.312 e. The van der Waals surface area contributed by atoms with Gasteiger partial charge in [0, 0.05) is 4.90 Å². The van der Waals surface area contributed by atoms with Crippen LogP contribution in [0.25, 0.3) is 0 Å². The number of carbonyl (C=O) groups excluding carboxylic acids is 1. The zero-order chi connectivity index (χ0) is 24.7. The second-order valence-electron chi connectivity index (χ2n) is 11.3. The molecule has 0 aliphatic rings. The molecule has 5 heteroatoms. The van der Waals surface area contributed by atoms with E-state index in [1.165, 1.54) is 17.5 Å². The molecule has 0 aliphatic heterocycles. The van der Waals surface area contributed by atoms with E-state index in [1.807, 2.05) is 71.0 Å². The Labute approximate surface area is 204 Å². The Morgan fingerprint density at radius 3 is 1.91 bits per heavy atom. The van der Waals surface area contributed by atoms with Crippen molar-refractivity contribution in [2.75, 3.05) is 0 Å². The van der Waals surface area contributed by atoms with Crippen LogP contribution >= 0.6 is 11.9 Å². The number of unbranched alkanes of at least 4 members (excludes halogenated alkanes) is 1. The van der Waals surface area contributed by atoms with Gasteiger partial charge in [0.05, 0.1) is 5.41 Å². The van der Waals surface area contributed by atoms with E-state index in [2.05, 4.69) is 26.0 Å². The van der Waals surface area contributed by atoms with Crippen LogP contribution in [0.1, 0.15) is 79.7 Å². The fourth-order valence-corrected chi connectivity index (χ4v) is 4.45. The summed E-state index contributed by atoms with van der Waals surface area (Å²) in [5.41, 5.74) is 0.448. The molecular formula is C28H41NO3S. The molecule has 4 nitrogen and oxygen atoms in total. The maximum absolute atomic E-state index is 12.6. The first kappa shape index (κ1) is 27.3. The number of hydrogen-bond donors (Lipinski definition) is 1. The molecule has 0 radical (unpaired) electrons. The zero-order valence-electron chi connectivity index (χ0n) is 21.4. The van der Waals surface area contributed by atoms with Crippen molar-refractivity contribution in [3.8, 4) is 11.5 Å². The van der Waals surface area contributed by atoms with Gasteiger partial charge in [-0.2, -0.15) is 0 Å². The van der Waals surface area contributed by atoms with Crippen LogP contribution in [0.3, 0.4) is 0 Å². The van der Waals surface area contributed by atoms with Crippen molar-refractivity contribution in [3.05, 3.63) is 54.1 Å². The highest BCUT2D eigenvalue weighted by molar-refractivity contribution is 7.97. The maximum atomic E-state index is 12.6. The lowest BCUT2D eigenvalue weighted by atomic mass is 9.72. The largest absolute Gasteiger partial charge is 0.460 e. The molecular weight excluding hydrogens is 430 g/mol. The van der Waals surface area contributed by atoms with E-state index in [4.69, 9.17) is 14.6 Å². The molecule has 0 bridgehead atoms. The van der Waals surface area contributed by atoms with Crippen LogP contribution in [0.4, 0.5) is 0 Å². The number of aryl methyl sites for hydroxylation is 1. The summed E-state index contributed by atoms with van der Waals surface area (Å²) < 4.78 is 11.5. The average Bonchev–Trinajstić information content (AvgIpc) is 2.71. The summed E-state index contributed by atoms with van der Waals surface area (Å²) in [6.45, 7) is 14.3. The molecule has 2 rings (SSSR count). The Morgan fingerprint density at radius 2 is 1.39 bits per heavy atom. The fourth-order valence-electron chi connectivity index (χ4n) is 4.15. The van der Waals surface area contributed by atoms with Crippen LogP contribution in [0.5, 0.6) is 11.5 Å². The van der Waals surface area contributed by atoms with Crippen molar-refractivity contribution in [1.29, 1.82) is 0 Å². The van der Waals surface area contributed by atoms with Crippen molar-refractivity contribution in [2.45, 2.75) is 91.1 Å². The van der Waals surface area contributed by atoms with Gasteiger partial charge >= 0.3 is 5.97 Å². The number of carbonyl (C=O) groups is 1. The van der Waals surface area contributed by atoms with Gasteiger partial charge in [0.25, 0.3) is 0 Å². The Hall–Kier alpha value is -1.98. The van der Waals surface area contributed by atoms with Crippen molar-refractivity contribution >= 4 is 17.9 Å². The Kier molecular flexibility index (Phi) is 9.45. The number of ether oxygens (including phenoxy) is 2. The van der Waals surface area contributed by atoms with Gasteiger partial charge in [-0.15, -0.1) is 0 Å². The molecule has 33 heavy (non-hydrogen) atoms. The van der Waals surface area contributed by atoms with E-state index in [0.29, 0.717) is 0 Å². The molecule has 0 spiro atoms. The third-order valence-corrected chi connectivity index (χ3v) is 6.10. The first-order valence-electron chi connectivity index (χ1n) is 11.8. The highest BCUT2D eigenvalue weighted by Crippen LogP contribution is 2.39. The van der Waals surface area contributed by atoms with Crippen LogP contribution in [0.2, 0.25) is 0 Å². The van der Waals surface area contributed by atoms with E-state index in [9.17, 15) is 4.79 Å². The number of hydrogen-bond acceptors (Lipinski definition) is 5. The first-order valence-corrected chi connectivity index (χ1v) is 12.6. The van der Waals surface area contributed by atoms with Crippen molar-refractivity contribution in [2.24, 2.45) is 16.0 Å². The van der Waals surface area contributed by atoms with E-state index in [1.54, 1.807) is 0 Å². The molecule has 0 fully saturated rings. The predicted molar refractivity (Wildman–Crippen MR) is 139 cm³/mol. The zero-order valence-corrected chi connectivity index (χ0v) is 22.2. The van der Waals surface area contributed by atoms with Gasteiger partial charge in [-0.05, 0) is 120 Å². The first-order chi connectivity index (χ1) is 15.3. The Balaban J connectivity index is 1.78. The van der Waals surface area contributed by atoms with Crippen molar-refractivity contribution < 1.29 is 14.3 Å². The second-order valence-corrected chi connectivity index (χ2v) is 12.0. The van der Waals surface area contributed by atoms with Crippen LogP contribution in [-0.4, -0.2) is 11.6 Å². The van der Waals surface area contributed by atoms with Crippen LogP contribution in [-0.2, 0) is 16.0 Å². The molecule has 2 aromatic rings. The molecule has 182 valence electrons. The second kappa shape index (κ2) is 11.4. The fraction of sp³-hybridized carbons (Fsp3) is 0.536. The van der Waals surface area contributed by atoms with Gasteiger partial charge in [-0.25, -0.2) is 0 Å². The highest BCUT2D eigenvalue weighted by Gasteiger charge is 2.37. The highest BCUT2D eigenvalue weighted by atomic mass is 32.2. The number of benzene rings is 2. The van der Waals surface area contributed by atoms with Gasteiger partial charge in [0.1, 0.15) is 17.1 Å². The van der Waals surface area contributed by atoms with E-state index in [-0.39, 0.29) is 11.4 Å². The van der Waals surface area contributed by atoms with E-state index < -0.39 is 11.0 Å². The molecule has 0 unspecified atom stereocenters. The summed E-state index contributed by atoms with van der Waals surface area (Å²) in [5, 5.41) is 5.56. The Morgan fingerprint density at radius 1 is 0.848 bits per heavy atom. The number of rotatable bonds is 11. The molecule has 0 aromatic heterocycles. The third-order valence-electron chi connectivity index (χ3n) is 5.56. The molecule has 2 N–H and O–H groups in total. The lowest BCUT2D eigenvalue weighted by molar-refractivity contribution is -0.167. The SMILES string of the molecule is CC(C)(CCCCc1ccc(Oc2ccc(SN)cc2)cc1)CC(C)(C)C(=O)OC(C)(C)C. The number of nitrogens with two attached hydrogens (primary N) is 1. The molecule has 0 heterocycles. The molecule has 0 saturated carbocycles. The third kappa shape index (κ3) is 9.81. The van der Waals surface area contributed by atoms with Gasteiger partial charge in [0.2, 0.25) is 0 Å². The van der Waals surface area contributed by atoms with Gasteiger partial charge < -0.3 is 9.47 Å². The summed E-state index contributed by atoms with van der Waals surface area (Å²) in [6, 6.07) is 16.1. The van der Waals surface area contributed by atoms with Gasteiger partial charge in [-0.1, -0.05) is 32.4 Å². The quantitative estimate of drug-likeness (QED) is 0.205. The predicted octanol–water partition coefficient (Wildman–Crippen LogP) is 7.94. The van der Waals surface area contributed by atoms with Crippen molar-refractivity contribution in [1.82, 2.24) is 0 Å². The van der Waals surface area contributed by atoms with E-state index in [0.717, 1.165) is 48.5 Å². The number of esters is 1. The minimum absolute atomic E-state index is 0.0794. The molecule has 0 atom stereocenters. The van der Waals surface area contributed by atoms with Crippen LogP contribution < -0.4 is 9.88 Å². The molecule has 0 saturated heterocycles. The minimum Gasteiger partial charge on any atom is -0.460 e. The molecule has 0 aliphatic carbocycles. The summed E-state index contributed by atoms with van der Waals surface area (Å²) >= 11 is 1.23. The maximum Gasteiger partial charge on any atom is 0.312 e. The minimum atomic E-state index is -0.490. The van der Waals surface area contributed by atoms with Crippen molar-refractivity contribution in [3.63, 3.8) is 0 Å². The monoisotopic (exact) mass is 471 g/mol. The summed E-state index contributed by atoms with van der Waals surface area (Å²) in [7, 11) is 0. The summed E-state index contributed by atoms with van der Waals surface area (Å²) in [6.07, 6.45) is 5.17. The average molecular weight is 472 g/mol. The lowest BCUT2D eigenvalue weighted by Gasteiger charge is -2.35.